The van der Waals surface area contributed by atoms with E-state index in [1.165, 1.54) is 24.3 Å². The fraction of sp³-hybridized carbons (Fsp3) is 0.500. The van der Waals surface area contributed by atoms with Gasteiger partial charge in [0.15, 0.2) is 10.7 Å². The average Bonchev–Trinajstić information content (AvgIpc) is 3.36. The number of carbonyl (C=O) groups excluding carboxylic acids is 1. The number of hydrogen-bond acceptors (Lipinski definition) is 7. The molecule has 0 spiro atoms. The minimum atomic E-state index is -3.90. The lowest BCUT2D eigenvalue weighted by atomic mass is 10.0. The van der Waals surface area contributed by atoms with Crippen LogP contribution in [-0.2, 0) is 14.1 Å². The predicted molar refractivity (Wildman–Crippen MR) is 98.9 cm³/mol. The van der Waals surface area contributed by atoms with Crippen molar-refractivity contribution in [2.45, 2.75) is 35.9 Å². The van der Waals surface area contributed by atoms with Crippen LogP contribution in [0.5, 0.6) is 0 Å². The minimum absolute atomic E-state index is 0.132. The highest BCUT2D eigenvalue weighted by Gasteiger charge is 2.48. The molecular formula is C14H19Cl2N2O9P. The number of amides is 1. The maximum atomic E-state index is 11.3. The van der Waals surface area contributed by atoms with Crippen LogP contribution < -0.4 is 5.32 Å². The van der Waals surface area contributed by atoms with E-state index >= 15 is 0 Å². The van der Waals surface area contributed by atoms with Crippen molar-refractivity contribution in [3.8, 4) is 0 Å². The van der Waals surface area contributed by atoms with Gasteiger partial charge in [0, 0.05) is 12.1 Å². The maximum absolute atomic E-state index is 11.3. The molecule has 5 N–H and O–H groups in total. The molecule has 0 saturated carbocycles. The second kappa shape index (κ2) is 10.5. The Hall–Kier alpha value is -1.30. The molecule has 1 aliphatic heterocycles. The monoisotopic (exact) mass is 460 g/mol. The van der Waals surface area contributed by atoms with Crippen LogP contribution in [0.2, 0.25) is 0 Å². The summed E-state index contributed by atoms with van der Waals surface area (Å²) in [5, 5.41) is 31.9. The van der Waals surface area contributed by atoms with Crippen molar-refractivity contribution < 1.29 is 39.0 Å². The molecule has 14 heteroatoms. The summed E-state index contributed by atoms with van der Waals surface area (Å²) in [6.07, 6.45) is -1.51. The van der Waals surface area contributed by atoms with Crippen LogP contribution in [0.15, 0.2) is 24.3 Å². The third kappa shape index (κ3) is 7.61. The fourth-order valence-electron chi connectivity index (χ4n) is 2.02. The first kappa shape index (κ1) is 24.7. The number of aliphatic hydroxyl groups is 2. The minimum Gasteiger partial charge on any atom is -0.394 e. The first-order chi connectivity index (χ1) is 12.9. The first-order valence-electron chi connectivity index (χ1n) is 7.71. The number of nitro groups is 1. The van der Waals surface area contributed by atoms with E-state index in [1.54, 1.807) is 6.92 Å². The van der Waals surface area contributed by atoms with Crippen molar-refractivity contribution in [2.24, 2.45) is 0 Å². The summed E-state index contributed by atoms with van der Waals surface area (Å²) in [4.78, 5) is 36.5. The van der Waals surface area contributed by atoms with Crippen molar-refractivity contribution >= 4 is 42.4 Å². The van der Waals surface area contributed by atoms with Gasteiger partial charge in [0.05, 0.1) is 23.7 Å². The number of aliphatic hydroxyl groups excluding tert-OH is 2. The lowest BCUT2D eigenvalue weighted by Crippen LogP contribution is -2.44. The number of carbonyl (C=O) groups is 1. The highest BCUT2D eigenvalue weighted by atomic mass is 35.5. The van der Waals surface area contributed by atoms with E-state index in [2.05, 4.69) is 10.1 Å². The normalized spacial score (nSPS) is 20.6. The van der Waals surface area contributed by atoms with Crippen molar-refractivity contribution in [1.82, 2.24) is 5.32 Å². The van der Waals surface area contributed by atoms with Crippen molar-refractivity contribution in [3.05, 3.63) is 39.9 Å². The van der Waals surface area contributed by atoms with Crippen molar-refractivity contribution in [3.63, 3.8) is 0 Å². The Bertz CT molecular complexity index is 728. The van der Waals surface area contributed by atoms with Gasteiger partial charge < -0.3 is 30.1 Å². The van der Waals surface area contributed by atoms with E-state index in [4.69, 9.17) is 38.1 Å². The molecule has 0 radical (unpaired) electrons. The standard InChI is InChI=1S/C11H12Cl2N2O5.C3H7O4P/c12-10(13)11(18)14-8(5-16)9(17)6-1-3-7(4-2-6)15(19)20;1-2-3(7-2)8(4,5)6/h1-4,8-10,16-17H,5H2,(H,14,18);2-3H,1H3,(H2,4,5,6)/t8-,9-;2-,3+/m10/s1. The van der Waals surface area contributed by atoms with Crippen molar-refractivity contribution in [2.75, 3.05) is 6.61 Å². The lowest BCUT2D eigenvalue weighted by molar-refractivity contribution is -0.384. The molecule has 1 aliphatic rings. The second-order valence-corrected chi connectivity index (χ2v) is 8.50. The summed E-state index contributed by atoms with van der Waals surface area (Å²) in [5.74, 6) is -1.57. The molecule has 0 unspecified atom stereocenters. The average molecular weight is 461 g/mol. The van der Waals surface area contributed by atoms with Gasteiger partial charge in [-0.05, 0) is 24.6 Å². The Morgan fingerprint density at radius 1 is 1.36 bits per heavy atom. The number of ether oxygens (including phenoxy) is 1. The number of epoxide rings is 1. The van der Waals surface area contributed by atoms with Crippen molar-refractivity contribution in [1.29, 1.82) is 0 Å². The van der Waals surface area contributed by atoms with E-state index in [-0.39, 0.29) is 11.8 Å². The molecular weight excluding hydrogens is 442 g/mol. The molecule has 0 bridgehead atoms. The highest BCUT2D eigenvalue weighted by Crippen LogP contribution is 2.52. The van der Waals surface area contributed by atoms with Crippen LogP contribution >= 0.6 is 30.8 Å². The SMILES string of the molecule is C[C@@H]1O[C@@H]1P(=O)(O)O.O=C(N[C@H](CO)[C@H](O)c1ccc([N+](=O)[O-])cc1)C(Cl)Cl. The first-order valence-corrected chi connectivity index (χ1v) is 10.3. The predicted octanol–water partition coefficient (Wildman–Crippen LogP) is 0.818. The summed E-state index contributed by atoms with van der Waals surface area (Å²) in [6.45, 7) is 1.08. The number of nitrogens with zero attached hydrogens (tertiary/aromatic N) is 1. The van der Waals surface area contributed by atoms with Gasteiger partial charge in [0.25, 0.3) is 11.6 Å². The molecule has 1 heterocycles. The van der Waals surface area contributed by atoms with E-state index in [0.29, 0.717) is 5.56 Å². The molecule has 2 rings (SSSR count). The highest BCUT2D eigenvalue weighted by molar-refractivity contribution is 7.52. The molecule has 1 aromatic rings. The van der Waals surface area contributed by atoms with E-state index in [1.807, 2.05) is 0 Å². The Balaban J connectivity index is 0.000000406. The van der Waals surface area contributed by atoms with Gasteiger partial charge in [0.1, 0.15) is 6.10 Å². The number of non-ortho nitro benzene ring substituents is 1. The molecule has 0 aliphatic carbocycles. The molecule has 1 saturated heterocycles. The fourth-order valence-corrected chi connectivity index (χ4v) is 3.05. The maximum Gasteiger partial charge on any atom is 0.356 e. The number of rotatable bonds is 7. The number of benzene rings is 1. The summed E-state index contributed by atoms with van der Waals surface area (Å²) in [5.41, 5.74) is 0.169. The second-order valence-electron chi connectivity index (χ2n) is 5.71. The van der Waals surface area contributed by atoms with Gasteiger partial charge in [-0.25, -0.2) is 0 Å². The molecule has 1 fully saturated rings. The van der Waals surface area contributed by atoms with Crippen LogP contribution in [0.25, 0.3) is 0 Å². The van der Waals surface area contributed by atoms with Gasteiger partial charge in [-0.3, -0.25) is 19.5 Å². The summed E-state index contributed by atoms with van der Waals surface area (Å²) >= 11 is 10.7. The largest absolute Gasteiger partial charge is 0.394 e. The number of hydrogen-bond donors (Lipinski definition) is 5. The quantitative estimate of drug-likeness (QED) is 0.129. The molecule has 0 aromatic heterocycles. The third-order valence-corrected chi connectivity index (χ3v) is 5.16. The van der Waals surface area contributed by atoms with Gasteiger partial charge in [-0.2, -0.15) is 0 Å². The summed E-state index contributed by atoms with van der Waals surface area (Å²) in [6, 6.07) is 4.05. The van der Waals surface area contributed by atoms with E-state index in [0.717, 1.165) is 0 Å². The zero-order valence-electron chi connectivity index (χ0n) is 14.4. The van der Waals surface area contributed by atoms with Gasteiger partial charge in [-0.15, -0.1) is 0 Å². The Kier molecular flexibility index (Phi) is 9.25. The van der Waals surface area contributed by atoms with E-state index < -0.39 is 47.9 Å². The van der Waals surface area contributed by atoms with Crippen LogP contribution in [0.4, 0.5) is 5.69 Å². The number of nitro benzene ring substituents is 1. The molecule has 1 amide bonds. The number of alkyl halides is 2. The topological polar surface area (TPSA) is 183 Å². The smallest absolute Gasteiger partial charge is 0.356 e. The van der Waals surface area contributed by atoms with Crippen LogP contribution in [0, 0.1) is 10.1 Å². The van der Waals surface area contributed by atoms with Crippen LogP contribution in [0.1, 0.15) is 18.6 Å². The third-order valence-electron chi connectivity index (χ3n) is 3.56. The van der Waals surface area contributed by atoms with Gasteiger partial charge >= 0.3 is 7.60 Å². The lowest BCUT2D eigenvalue weighted by Gasteiger charge is -2.22. The van der Waals surface area contributed by atoms with E-state index in [9.17, 15) is 24.6 Å². The zero-order valence-corrected chi connectivity index (χ0v) is 16.8. The van der Waals surface area contributed by atoms with Crippen LogP contribution in [-0.4, -0.2) is 60.3 Å². The van der Waals surface area contributed by atoms with Crippen LogP contribution in [0.3, 0.4) is 0 Å². The summed E-state index contributed by atoms with van der Waals surface area (Å²) < 4.78 is 14.7. The van der Waals surface area contributed by atoms with Gasteiger partial charge in [0.2, 0.25) is 0 Å². The zero-order chi connectivity index (χ0) is 21.6. The molecule has 4 atom stereocenters. The number of halogens is 2. The Morgan fingerprint density at radius 3 is 2.14 bits per heavy atom. The molecule has 28 heavy (non-hydrogen) atoms. The molecule has 1 aromatic carbocycles. The Labute approximate surface area is 169 Å². The Morgan fingerprint density at radius 2 is 1.86 bits per heavy atom. The van der Waals surface area contributed by atoms with Gasteiger partial charge in [-0.1, -0.05) is 23.2 Å². The molecule has 158 valence electrons. The number of nitrogens with one attached hydrogen (secondary N) is 1. The summed E-state index contributed by atoms with van der Waals surface area (Å²) in [7, 11) is -3.90. The molecule has 11 nitrogen and oxygen atoms in total.